The van der Waals surface area contributed by atoms with E-state index < -0.39 is 12.1 Å². The number of nitrogens with one attached hydrogen (secondary N) is 1. The second-order valence-corrected chi connectivity index (χ2v) is 6.00. The van der Waals surface area contributed by atoms with E-state index >= 15 is 0 Å². The van der Waals surface area contributed by atoms with Gasteiger partial charge in [0.2, 0.25) is 5.91 Å². The smallest absolute Gasteiger partial charge is 0.341 e. The molecule has 1 aromatic rings. The molecule has 0 spiro atoms. The van der Waals surface area contributed by atoms with Gasteiger partial charge in [0.05, 0.1) is 11.3 Å². The van der Waals surface area contributed by atoms with Crippen LogP contribution in [0.25, 0.3) is 0 Å². The van der Waals surface area contributed by atoms with Gasteiger partial charge in [0.1, 0.15) is 0 Å². The summed E-state index contributed by atoms with van der Waals surface area (Å²) in [5.74, 6) is -0.862. The molecule has 23 heavy (non-hydrogen) atoms. The Bertz CT molecular complexity index is 639. The van der Waals surface area contributed by atoms with Crippen LogP contribution in [0.5, 0.6) is 0 Å². The van der Waals surface area contributed by atoms with Gasteiger partial charge in [-0.1, -0.05) is 12.1 Å². The van der Waals surface area contributed by atoms with Crippen molar-refractivity contribution in [3.05, 3.63) is 29.8 Å². The first kappa shape index (κ1) is 15.5. The van der Waals surface area contributed by atoms with Crippen molar-refractivity contribution in [1.29, 1.82) is 0 Å². The third-order valence-corrected chi connectivity index (χ3v) is 4.06. The van der Waals surface area contributed by atoms with Gasteiger partial charge >= 0.3 is 5.97 Å². The highest BCUT2D eigenvalue weighted by Crippen LogP contribution is 2.26. The van der Waals surface area contributed by atoms with Crippen LogP contribution in [0.15, 0.2) is 24.3 Å². The molecule has 1 aliphatic heterocycles. The highest BCUT2D eigenvalue weighted by atomic mass is 16.5. The van der Waals surface area contributed by atoms with Crippen molar-refractivity contribution >= 4 is 23.5 Å². The number of ether oxygens (including phenoxy) is 1. The first-order valence-electron chi connectivity index (χ1n) is 7.97. The molecule has 6 nitrogen and oxygen atoms in total. The Morgan fingerprint density at radius 2 is 2.04 bits per heavy atom. The maximum Gasteiger partial charge on any atom is 0.341 e. The predicted octanol–water partition coefficient (Wildman–Crippen LogP) is 1.64. The first-order valence-corrected chi connectivity index (χ1v) is 7.97. The molecule has 2 amide bonds. The van der Waals surface area contributed by atoms with Crippen molar-refractivity contribution in [2.45, 2.75) is 44.8 Å². The fraction of sp³-hybridized carbons (Fsp3) is 0.471. The summed E-state index contributed by atoms with van der Waals surface area (Å²) in [6.07, 6.45) is 2.37. The highest BCUT2D eigenvalue weighted by Gasteiger charge is 2.29. The van der Waals surface area contributed by atoms with Gasteiger partial charge < -0.3 is 15.0 Å². The Kier molecular flexibility index (Phi) is 4.32. The molecule has 0 aromatic heterocycles. The molecule has 6 heteroatoms. The summed E-state index contributed by atoms with van der Waals surface area (Å²) < 4.78 is 5.27. The van der Waals surface area contributed by atoms with E-state index in [-0.39, 0.29) is 17.9 Å². The quantitative estimate of drug-likeness (QED) is 0.838. The second kappa shape index (κ2) is 6.40. The van der Waals surface area contributed by atoms with Crippen LogP contribution in [0.4, 0.5) is 5.69 Å². The second-order valence-electron chi connectivity index (χ2n) is 6.00. The third-order valence-electron chi connectivity index (χ3n) is 4.06. The van der Waals surface area contributed by atoms with Crippen molar-refractivity contribution in [3.63, 3.8) is 0 Å². The van der Waals surface area contributed by atoms with Crippen molar-refractivity contribution in [3.8, 4) is 0 Å². The number of hydrogen-bond donors (Lipinski definition) is 1. The van der Waals surface area contributed by atoms with Crippen LogP contribution < -0.4 is 10.2 Å². The minimum absolute atomic E-state index is 0.00442. The zero-order chi connectivity index (χ0) is 16.4. The minimum atomic E-state index is -0.856. The molecule has 1 aliphatic carbocycles. The molecule has 1 aromatic carbocycles. The van der Waals surface area contributed by atoms with E-state index in [0.717, 1.165) is 19.3 Å². The Balaban J connectivity index is 1.71. The van der Waals surface area contributed by atoms with Crippen LogP contribution in [0.3, 0.4) is 0 Å². The van der Waals surface area contributed by atoms with E-state index in [1.807, 2.05) is 0 Å². The van der Waals surface area contributed by atoms with Crippen LogP contribution in [0.1, 0.15) is 43.0 Å². The minimum Gasteiger partial charge on any atom is -0.449 e. The molecule has 2 aliphatic rings. The largest absolute Gasteiger partial charge is 0.449 e. The van der Waals surface area contributed by atoms with Crippen LogP contribution >= 0.6 is 0 Å². The third kappa shape index (κ3) is 3.52. The lowest BCUT2D eigenvalue weighted by Gasteiger charge is -2.20. The molecule has 3 rings (SSSR count). The summed E-state index contributed by atoms with van der Waals surface area (Å²) >= 11 is 0. The fourth-order valence-corrected chi connectivity index (χ4v) is 2.61. The van der Waals surface area contributed by atoms with Crippen LogP contribution in [0.2, 0.25) is 0 Å². The molecule has 0 bridgehead atoms. The summed E-state index contributed by atoms with van der Waals surface area (Å²) in [6, 6.07) is 7.07. The topological polar surface area (TPSA) is 75.7 Å². The van der Waals surface area contributed by atoms with Gasteiger partial charge in [0.15, 0.2) is 6.10 Å². The molecule has 1 N–H and O–H groups in total. The molecule has 0 unspecified atom stereocenters. The summed E-state index contributed by atoms with van der Waals surface area (Å²) in [7, 11) is 0. The maximum absolute atomic E-state index is 12.4. The Hall–Kier alpha value is -2.37. The summed E-state index contributed by atoms with van der Waals surface area (Å²) in [6.45, 7) is 2.15. The summed E-state index contributed by atoms with van der Waals surface area (Å²) in [5.41, 5.74) is 0.864. The van der Waals surface area contributed by atoms with Crippen LogP contribution in [-0.4, -0.2) is 36.5 Å². The van der Waals surface area contributed by atoms with Gasteiger partial charge in [-0.3, -0.25) is 9.59 Å². The molecule has 1 saturated carbocycles. The van der Waals surface area contributed by atoms with Gasteiger partial charge in [0.25, 0.3) is 5.91 Å². The lowest BCUT2D eigenvalue weighted by Crippen LogP contribution is -2.37. The van der Waals surface area contributed by atoms with Gasteiger partial charge in [-0.05, 0) is 38.3 Å². The Morgan fingerprint density at radius 1 is 1.30 bits per heavy atom. The molecular weight excluding hydrogens is 296 g/mol. The van der Waals surface area contributed by atoms with Gasteiger partial charge in [0, 0.05) is 19.0 Å². The van der Waals surface area contributed by atoms with Gasteiger partial charge in [-0.25, -0.2) is 4.79 Å². The standard InChI is InChI=1S/C17H20N2O4/c1-11(16(21)18-12-8-9-12)23-17(22)13-5-2-3-6-14(13)19-10-4-7-15(19)20/h2-3,5-6,11-12H,4,7-10H2,1H3,(H,18,21)/t11-/m0/s1. The number of esters is 1. The number of para-hydroxylation sites is 1. The van der Waals surface area contributed by atoms with E-state index in [4.69, 9.17) is 4.74 Å². The maximum atomic E-state index is 12.4. The van der Waals surface area contributed by atoms with Crippen molar-refractivity contribution in [1.82, 2.24) is 5.32 Å². The molecule has 0 radical (unpaired) electrons. The van der Waals surface area contributed by atoms with E-state index in [1.54, 1.807) is 36.1 Å². The SMILES string of the molecule is C[C@H](OC(=O)c1ccccc1N1CCCC1=O)C(=O)NC1CC1. The van der Waals surface area contributed by atoms with E-state index in [9.17, 15) is 14.4 Å². The van der Waals surface area contributed by atoms with Crippen molar-refractivity contribution in [2.75, 3.05) is 11.4 Å². The normalized spacial score (nSPS) is 18.7. The number of amides is 2. The number of anilines is 1. The van der Waals surface area contributed by atoms with Crippen LogP contribution in [0, 0.1) is 0 Å². The lowest BCUT2D eigenvalue weighted by atomic mass is 10.1. The Morgan fingerprint density at radius 3 is 2.70 bits per heavy atom. The number of benzene rings is 1. The van der Waals surface area contributed by atoms with E-state index in [0.29, 0.717) is 24.2 Å². The van der Waals surface area contributed by atoms with Crippen LogP contribution in [-0.2, 0) is 14.3 Å². The van der Waals surface area contributed by atoms with E-state index in [1.165, 1.54) is 0 Å². The predicted molar refractivity (Wildman–Crippen MR) is 84.1 cm³/mol. The molecule has 122 valence electrons. The van der Waals surface area contributed by atoms with E-state index in [2.05, 4.69) is 5.32 Å². The number of carbonyl (C=O) groups excluding carboxylic acids is 3. The summed E-state index contributed by atoms with van der Waals surface area (Å²) in [5, 5.41) is 2.81. The fourth-order valence-electron chi connectivity index (χ4n) is 2.61. The molecule has 1 atom stereocenters. The monoisotopic (exact) mass is 316 g/mol. The van der Waals surface area contributed by atoms with Crippen molar-refractivity contribution in [2.24, 2.45) is 0 Å². The average Bonchev–Trinajstić information content (AvgIpc) is 3.25. The zero-order valence-corrected chi connectivity index (χ0v) is 13.1. The van der Waals surface area contributed by atoms with Gasteiger partial charge in [-0.15, -0.1) is 0 Å². The lowest BCUT2D eigenvalue weighted by molar-refractivity contribution is -0.129. The highest BCUT2D eigenvalue weighted by molar-refractivity contribution is 6.04. The molecule has 2 fully saturated rings. The molecular formula is C17H20N2O4. The number of nitrogens with zero attached hydrogens (tertiary/aromatic N) is 1. The molecule has 1 saturated heterocycles. The van der Waals surface area contributed by atoms with Gasteiger partial charge in [-0.2, -0.15) is 0 Å². The number of rotatable bonds is 5. The summed E-state index contributed by atoms with van der Waals surface area (Å²) in [4.78, 5) is 37.8. The Labute approximate surface area is 134 Å². The first-order chi connectivity index (χ1) is 11.1. The van der Waals surface area contributed by atoms with Crippen molar-refractivity contribution < 1.29 is 19.1 Å². The number of hydrogen-bond acceptors (Lipinski definition) is 4. The number of carbonyl (C=O) groups is 3. The zero-order valence-electron chi connectivity index (χ0n) is 13.1. The average molecular weight is 316 g/mol. The molecule has 1 heterocycles.